The Morgan fingerprint density at radius 3 is 2.36 bits per heavy atom. The lowest BCUT2D eigenvalue weighted by Crippen LogP contribution is -1.78. The first-order chi connectivity index (χ1) is 5.38. The molecule has 0 saturated carbocycles. The van der Waals surface area contributed by atoms with Gasteiger partial charge in [-0.05, 0) is 35.2 Å². The Balaban J connectivity index is 2.92. The summed E-state index contributed by atoms with van der Waals surface area (Å²) in [6, 6.07) is 10.2. The van der Waals surface area contributed by atoms with Gasteiger partial charge in [-0.1, -0.05) is 18.2 Å². The molecule has 1 nitrogen and oxygen atoms in total. The molecule has 11 heavy (non-hydrogen) atoms. The fourth-order valence-electron chi connectivity index (χ4n) is 0.883. The van der Waals surface area contributed by atoms with E-state index in [1.165, 1.54) is 4.90 Å². The minimum atomic E-state index is -0.127. The van der Waals surface area contributed by atoms with Crippen LogP contribution in [-0.2, 0) is 4.18 Å². The van der Waals surface area contributed by atoms with E-state index in [-0.39, 0.29) is 10.8 Å². The average Bonchev–Trinajstić information content (AvgIpc) is 2.09. The Labute approximate surface area is 70.1 Å². The molecule has 1 rings (SSSR count). The quantitative estimate of drug-likeness (QED) is 0.617. The summed E-state index contributed by atoms with van der Waals surface area (Å²) in [6.07, 6.45) is 0. The summed E-state index contributed by atoms with van der Waals surface area (Å²) in [4.78, 5) is 1.23. The van der Waals surface area contributed by atoms with Gasteiger partial charge < -0.3 is 4.18 Å². The van der Waals surface area contributed by atoms with Crippen LogP contribution in [0.1, 0.15) is 6.92 Å². The van der Waals surface area contributed by atoms with E-state index in [0.29, 0.717) is 0 Å². The maximum Gasteiger partial charge on any atom is 0.0500 e. The van der Waals surface area contributed by atoms with Crippen LogP contribution in [0.3, 0.4) is 0 Å². The number of benzene rings is 1. The first-order valence-electron chi connectivity index (χ1n) is 3.50. The van der Waals surface area contributed by atoms with Gasteiger partial charge in [0.15, 0.2) is 0 Å². The first kappa shape index (κ1) is 8.50. The molecule has 0 amide bonds. The van der Waals surface area contributed by atoms with Crippen LogP contribution in [0.25, 0.3) is 0 Å². The lowest BCUT2D eigenvalue weighted by molar-refractivity contribution is 0.487. The largest absolute Gasteiger partial charge is 0.322 e. The van der Waals surface area contributed by atoms with Gasteiger partial charge in [-0.25, -0.2) is 0 Å². The first-order valence-corrected chi connectivity index (χ1v) is 4.72. The van der Waals surface area contributed by atoms with Gasteiger partial charge in [0.1, 0.15) is 0 Å². The van der Waals surface area contributed by atoms with Crippen LogP contribution < -0.4 is 0 Å². The van der Waals surface area contributed by atoms with E-state index in [9.17, 15) is 0 Å². The van der Waals surface area contributed by atoms with E-state index in [4.69, 9.17) is 4.18 Å². The van der Waals surface area contributed by atoms with Crippen molar-refractivity contribution in [2.45, 2.75) is 11.8 Å². The van der Waals surface area contributed by atoms with Crippen molar-refractivity contribution in [3.63, 3.8) is 0 Å². The minimum absolute atomic E-state index is 0.127. The normalized spacial score (nSPS) is 13.3. The fraction of sp³-hybridized carbons (Fsp3) is 0.222. The molecule has 0 aliphatic rings. The molecule has 0 N–H and O–H groups in total. The Morgan fingerprint density at radius 2 is 1.91 bits per heavy atom. The van der Waals surface area contributed by atoms with Crippen LogP contribution in [0.2, 0.25) is 0 Å². The lowest BCUT2D eigenvalue weighted by Gasteiger charge is -2.04. The second-order valence-corrected chi connectivity index (χ2v) is 3.88. The summed E-state index contributed by atoms with van der Waals surface area (Å²) in [7, 11) is 1.61. The summed E-state index contributed by atoms with van der Waals surface area (Å²) >= 11 is 0. The molecule has 2 heteroatoms. The van der Waals surface area contributed by atoms with E-state index >= 15 is 0 Å². The summed E-state index contributed by atoms with van der Waals surface area (Å²) in [5.74, 6) is 0. The van der Waals surface area contributed by atoms with Crippen molar-refractivity contribution in [3.8, 4) is 0 Å². The molecular formula is C9H12OS. The van der Waals surface area contributed by atoms with E-state index in [1.807, 2.05) is 25.1 Å². The van der Waals surface area contributed by atoms with E-state index in [2.05, 4.69) is 17.5 Å². The van der Waals surface area contributed by atoms with Crippen molar-refractivity contribution in [2.75, 3.05) is 7.11 Å². The third-order valence-corrected chi connectivity index (χ3v) is 2.89. The highest BCUT2D eigenvalue weighted by molar-refractivity contribution is 8.10. The van der Waals surface area contributed by atoms with Gasteiger partial charge in [0, 0.05) is 4.90 Å². The molecule has 60 valence electrons. The predicted molar refractivity (Wildman–Crippen MR) is 51.0 cm³/mol. The Kier molecular flexibility index (Phi) is 3.33. The Bertz CT molecular complexity index is 241. The molecule has 0 spiro atoms. The topological polar surface area (TPSA) is 9.23 Å². The van der Waals surface area contributed by atoms with E-state index in [0.717, 1.165) is 0 Å². The molecule has 0 aromatic heterocycles. The third-order valence-electron chi connectivity index (χ3n) is 1.37. The van der Waals surface area contributed by atoms with Crippen LogP contribution >= 0.6 is 10.8 Å². The third kappa shape index (κ3) is 2.17. The van der Waals surface area contributed by atoms with Crippen LogP contribution in [0.5, 0.6) is 0 Å². The zero-order valence-corrected chi connectivity index (χ0v) is 7.60. The summed E-state index contributed by atoms with van der Waals surface area (Å²) in [6.45, 7) is 2.01. The molecule has 1 aromatic rings. The fourth-order valence-corrected chi connectivity index (χ4v) is 1.97. The second kappa shape index (κ2) is 4.31. The predicted octanol–water partition coefficient (Wildman–Crippen LogP) is 2.70. The minimum Gasteiger partial charge on any atom is -0.322 e. The molecule has 0 radical (unpaired) electrons. The van der Waals surface area contributed by atoms with Crippen molar-refractivity contribution in [2.24, 2.45) is 0 Å². The number of hydrogen-bond acceptors (Lipinski definition) is 1. The zero-order valence-electron chi connectivity index (χ0n) is 6.78. The maximum absolute atomic E-state index is 5.26. The van der Waals surface area contributed by atoms with Crippen LogP contribution in [0.4, 0.5) is 0 Å². The smallest absolute Gasteiger partial charge is 0.0500 e. The highest BCUT2D eigenvalue weighted by Gasteiger charge is 1.93. The standard InChI is InChI=1S/C9H12OS/c1-3-11(10-2)9-7-5-4-6-8-9/h3-8H,1-2H3. The van der Waals surface area contributed by atoms with Crippen LogP contribution in [0, 0.1) is 0 Å². The van der Waals surface area contributed by atoms with E-state index < -0.39 is 0 Å². The highest BCUT2D eigenvalue weighted by atomic mass is 32.2. The van der Waals surface area contributed by atoms with Gasteiger partial charge in [0.05, 0.1) is 7.11 Å². The van der Waals surface area contributed by atoms with Gasteiger partial charge in [0.2, 0.25) is 0 Å². The average molecular weight is 168 g/mol. The molecule has 1 aromatic carbocycles. The molecule has 1 atom stereocenters. The van der Waals surface area contributed by atoms with Gasteiger partial charge in [-0.2, -0.15) is 0 Å². The van der Waals surface area contributed by atoms with E-state index in [1.54, 1.807) is 7.11 Å². The Morgan fingerprint density at radius 1 is 1.27 bits per heavy atom. The molecule has 0 aliphatic heterocycles. The van der Waals surface area contributed by atoms with Gasteiger partial charge in [0.25, 0.3) is 0 Å². The van der Waals surface area contributed by atoms with Crippen LogP contribution in [-0.4, -0.2) is 12.5 Å². The van der Waals surface area contributed by atoms with Crippen molar-refractivity contribution < 1.29 is 4.18 Å². The molecule has 0 heterocycles. The van der Waals surface area contributed by atoms with Crippen molar-refractivity contribution in [3.05, 3.63) is 30.3 Å². The van der Waals surface area contributed by atoms with Gasteiger partial charge in [-0.15, -0.1) is 0 Å². The summed E-state index contributed by atoms with van der Waals surface area (Å²) in [5.41, 5.74) is 0. The van der Waals surface area contributed by atoms with Crippen molar-refractivity contribution in [1.82, 2.24) is 0 Å². The molecule has 0 saturated heterocycles. The molecule has 1 unspecified atom stereocenters. The maximum atomic E-state index is 5.26. The molecule has 0 aliphatic carbocycles. The summed E-state index contributed by atoms with van der Waals surface area (Å²) < 4.78 is 5.26. The van der Waals surface area contributed by atoms with Gasteiger partial charge in [-0.3, -0.25) is 0 Å². The SMILES string of the molecule is C/C=S(/OC)c1ccccc1. The van der Waals surface area contributed by atoms with Gasteiger partial charge >= 0.3 is 0 Å². The van der Waals surface area contributed by atoms with Crippen molar-refractivity contribution >= 4 is 16.1 Å². The number of hydrogen-bond donors (Lipinski definition) is 0. The lowest BCUT2D eigenvalue weighted by atomic mass is 10.4. The molecular weight excluding hydrogens is 156 g/mol. The monoisotopic (exact) mass is 168 g/mol. The highest BCUT2D eigenvalue weighted by Crippen LogP contribution is 2.24. The van der Waals surface area contributed by atoms with Crippen molar-refractivity contribution in [1.29, 1.82) is 0 Å². The van der Waals surface area contributed by atoms with Crippen LogP contribution in [0.15, 0.2) is 35.2 Å². The summed E-state index contributed by atoms with van der Waals surface area (Å²) in [5, 5.41) is 2.06. The molecule has 0 fully saturated rings. The zero-order chi connectivity index (χ0) is 8.10. The molecule has 0 bridgehead atoms. The number of rotatable bonds is 2. The second-order valence-electron chi connectivity index (χ2n) is 2.01. The Hall–Kier alpha value is -0.600.